The molecular weight excluding hydrogens is 256 g/mol. The van der Waals surface area contributed by atoms with Gasteiger partial charge in [0.25, 0.3) is 5.91 Å². The summed E-state index contributed by atoms with van der Waals surface area (Å²) in [4.78, 5) is 13.2. The highest BCUT2D eigenvalue weighted by molar-refractivity contribution is 8.18. The topological polar surface area (TPSA) is 61.7 Å². The molecule has 1 aromatic rings. The van der Waals surface area contributed by atoms with Gasteiger partial charge in [-0.3, -0.25) is 10.1 Å². The molecule has 1 heterocycles. The van der Waals surface area contributed by atoms with Crippen LogP contribution in [0.3, 0.4) is 0 Å². The highest BCUT2D eigenvalue weighted by Crippen LogP contribution is 2.26. The molecule has 1 aliphatic rings. The predicted octanol–water partition coefficient (Wildman–Crippen LogP) is 2.36. The van der Waals surface area contributed by atoms with E-state index in [1.165, 1.54) is 4.90 Å². The number of carbonyl (C=O) groups excluding carboxylic acids is 1. The first-order valence-corrected chi connectivity index (χ1v) is 6.84. The minimum atomic E-state index is -0.239. The average Bonchev–Trinajstić information content (AvgIpc) is 2.71. The summed E-state index contributed by atoms with van der Waals surface area (Å²) in [5.41, 5.74) is 0.944. The Labute approximate surface area is 107 Å². The molecule has 88 valence electrons. The van der Waals surface area contributed by atoms with Gasteiger partial charge in [0, 0.05) is 4.90 Å². The van der Waals surface area contributed by atoms with Crippen molar-refractivity contribution in [2.24, 2.45) is 5.16 Å². The Morgan fingerprint density at radius 1 is 1.41 bits per heavy atom. The zero-order chi connectivity index (χ0) is 12.3. The molecule has 17 heavy (non-hydrogen) atoms. The maximum absolute atomic E-state index is 11.5. The molecule has 0 aliphatic carbocycles. The van der Waals surface area contributed by atoms with Crippen molar-refractivity contribution in [2.75, 3.05) is 6.26 Å². The van der Waals surface area contributed by atoms with Crippen LogP contribution >= 0.6 is 23.5 Å². The normalized spacial score (nSPS) is 19.9. The van der Waals surface area contributed by atoms with E-state index in [0.29, 0.717) is 4.91 Å². The van der Waals surface area contributed by atoms with Gasteiger partial charge in [0.05, 0.1) is 4.91 Å². The van der Waals surface area contributed by atoms with Crippen LogP contribution in [-0.2, 0) is 4.79 Å². The van der Waals surface area contributed by atoms with Gasteiger partial charge in [0.1, 0.15) is 0 Å². The van der Waals surface area contributed by atoms with E-state index in [1.807, 2.05) is 30.5 Å². The quantitative estimate of drug-likeness (QED) is 0.373. The number of rotatable bonds is 2. The van der Waals surface area contributed by atoms with E-state index < -0.39 is 0 Å². The Balaban J connectivity index is 2.21. The van der Waals surface area contributed by atoms with Crippen molar-refractivity contribution < 1.29 is 10.0 Å². The second kappa shape index (κ2) is 5.29. The summed E-state index contributed by atoms with van der Waals surface area (Å²) in [5.74, 6) is -0.239. The Bertz CT molecular complexity index is 495. The van der Waals surface area contributed by atoms with Crippen molar-refractivity contribution in [1.29, 1.82) is 0 Å². The fraction of sp³-hybridized carbons (Fsp3) is 0.0909. The van der Waals surface area contributed by atoms with Crippen LogP contribution in [0, 0.1) is 0 Å². The maximum Gasteiger partial charge on any atom is 0.264 e. The largest absolute Gasteiger partial charge is 0.409 e. The smallest absolute Gasteiger partial charge is 0.264 e. The van der Waals surface area contributed by atoms with Gasteiger partial charge in [-0.1, -0.05) is 17.3 Å². The van der Waals surface area contributed by atoms with E-state index in [-0.39, 0.29) is 11.1 Å². The third kappa shape index (κ3) is 2.83. The van der Waals surface area contributed by atoms with Crippen LogP contribution in [0.15, 0.2) is 39.2 Å². The van der Waals surface area contributed by atoms with Crippen LogP contribution in [0.2, 0.25) is 0 Å². The maximum atomic E-state index is 11.5. The zero-order valence-corrected chi connectivity index (χ0v) is 10.6. The third-order valence-electron chi connectivity index (χ3n) is 2.16. The monoisotopic (exact) mass is 266 g/mol. The molecule has 0 saturated carbocycles. The van der Waals surface area contributed by atoms with Gasteiger partial charge < -0.3 is 5.21 Å². The first-order valence-electron chi connectivity index (χ1n) is 4.80. The van der Waals surface area contributed by atoms with Crippen LogP contribution in [0.4, 0.5) is 0 Å². The summed E-state index contributed by atoms with van der Waals surface area (Å²) in [5, 5.41) is 14.2. The molecule has 0 bridgehead atoms. The lowest BCUT2D eigenvalue weighted by Crippen LogP contribution is -2.19. The van der Waals surface area contributed by atoms with Gasteiger partial charge in [-0.2, -0.15) is 0 Å². The molecule has 1 amide bonds. The molecule has 0 spiro atoms. The van der Waals surface area contributed by atoms with E-state index in [9.17, 15) is 4.79 Å². The number of amides is 1. The van der Waals surface area contributed by atoms with Crippen molar-refractivity contribution in [2.45, 2.75) is 4.90 Å². The molecule has 0 atom stereocenters. The number of hydrogen-bond donors (Lipinski definition) is 2. The Hall–Kier alpha value is -1.40. The van der Waals surface area contributed by atoms with Crippen LogP contribution < -0.4 is 5.32 Å². The molecule has 2 N–H and O–H groups in total. The number of benzene rings is 1. The number of carbonyl (C=O) groups is 1. The fourth-order valence-electron chi connectivity index (χ4n) is 1.33. The molecule has 1 saturated heterocycles. The summed E-state index contributed by atoms with van der Waals surface area (Å²) in [7, 11) is 0. The minimum Gasteiger partial charge on any atom is -0.409 e. The van der Waals surface area contributed by atoms with Gasteiger partial charge in [0.2, 0.25) is 5.17 Å². The van der Waals surface area contributed by atoms with E-state index in [4.69, 9.17) is 5.21 Å². The van der Waals surface area contributed by atoms with Crippen molar-refractivity contribution in [3.8, 4) is 0 Å². The average molecular weight is 266 g/mol. The SMILES string of the molecule is CSc1ccc(/C=C2\S/C(=N/O)NC2=O)cc1. The van der Waals surface area contributed by atoms with Crippen molar-refractivity contribution in [3.05, 3.63) is 34.7 Å². The van der Waals surface area contributed by atoms with Crippen molar-refractivity contribution in [3.63, 3.8) is 0 Å². The second-order valence-electron chi connectivity index (χ2n) is 3.24. The van der Waals surface area contributed by atoms with E-state index in [1.54, 1.807) is 17.8 Å². The molecule has 0 unspecified atom stereocenters. The number of thioether (sulfide) groups is 2. The Morgan fingerprint density at radius 2 is 2.12 bits per heavy atom. The summed E-state index contributed by atoms with van der Waals surface area (Å²) in [6.45, 7) is 0. The second-order valence-corrected chi connectivity index (χ2v) is 5.15. The zero-order valence-electron chi connectivity index (χ0n) is 9.01. The lowest BCUT2D eigenvalue weighted by Gasteiger charge is -1.97. The first kappa shape index (κ1) is 12.1. The van der Waals surface area contributed by atoms with Crippen molar-refractivity contribution in [1.82, 2.24) is 5.32 Å². The summed E-state index contributed by atoms with van der Waals surface area (Å²) in [6.07, 6.45) is 3.78. The third-order valence-corrected chi connectivity index (χ3v) is 3.80. The molecule has 0 radical (unpaired) electrons. The Kier molecular flexibility index (Phi) is 3.75. The minimum absolute atomic E-state index is 0.210. The molecular formula is C11H10N2O2S2. The summed E-state index contributed by atoms with van der Waals surface area (Å²) in [6, 6.07) is 7.88. The van der Waals surface area contributed by atoms with Crippen LogP contribution in [0.25, 0.3) is 6.08 Å². The van der Waals surface area contributed by atoms with E-state index in [0.717, 1.165) is 17.3 Å². The van der Waals surface area contributed by atoms with E-state index >= 15 is 0 Å². The molecule has 6 heteroatoms. The van der Waals surface area contributed by atoms with E-state index in [2.05, 4.69) is 10.5 Å². The molecule has 1 fully saturated rings. The summed E-state index contributed by atoms with van der Waals surface area (Å²) >= 11 is 2.79. The molecule has 4 nitrogen and oxygen atoms in total. The van der Waals surface area contributed by atoms with Crippen LogP contribution in [0.1, 0.15) is 5.56 Å². The number of oxime groups is 1. The number of nitrogens with zero attached hydrogens (tertiary/aromatic N) is 1. The molecule has 1 aromatic carbocycles. The number of hydrogen-bond acceptors (Lipinski definition) is 5. The van der Waals surface area contributed by atoms with Gasteiger partial charge in [-0.15, -0.1) is 11.8 Å². The molecule has 0 aromatic heterocycles. The van der Waals surface area contributed by atoms with Gasteiger partial charge in [-0.05, 0) is 41.8 Å². The van der Waals surface area contributed by atoms with Crippen molar-refractivity contribution >= 4 is 40.7 Å². The lowest BCUT2D eigenvalue weighted by atomic mass is 10.2. The fourth-order valence-corrected chi connectivity index (χ4v) is 2.47. The number of amidine groups is 1. The summed E-state index contributed by atoms with van der Waals surface area (Å²) < 4.78 is 0. The Morgan fingerprint density at radius 3 is 2.65 bits per heavy atom. The van der Waals surface area contributed by atoms with Gasteiger partial charge in [0.15, 0.2) is 0 Å². The van der Waals surface area contributed by atoms with Gasteiger partial charge >= 0.3 is 0 Å². The van der Waals surface area contributed by atoms with Crippen LogP contribution in [-0.4, -0.2) is 22.5 Å². The van der Waals surface area contributed by atoms with Crippen LogP contribution in [0.5, 0.6) is 0 Å². The lowest BCUT2D eigenvalue weighted by molar-refractivity contribution is -0.115. The standard InChI is InChI=1S/C11H10N2O2S2/c1-16-8-4-2-7(3-5-8)6-9-10(14)12-11(13-15)17-9/h2-6,15H,1H3,(H,12,13,14)/b9-6-. The number of nitrogens with one attached hydrogen (secondary N) is 1. The highest BCUT2D eigenvalue weighted by atomic mass is 32.2. The van der Waals surface area contributed by atoms with Gasteiger partial charge in [-0.25, -0.2) is 0 Å². The molecule has 1 aliphatic heterocycles. The predicted molar refractivity (Wildman–Crippen MR) is 71.2 cm³/mol. The molecule has 2 rings (SSSR count). The first-order chi connectivity index (χ1) is 8.22. The highest BCUT2D eigenvalue weighted by Gasteiger charge is 2.23.